The van der Waals surface area contributed by atoms with Gasteiger partial charge >= 0.3 is 5.97 Å². The quantitative estimate of drug-likeness (QED) is 0.0197. The van der Waals surface area contributed by atoms with E-state index in [1.54, 1.807) is 6.08 Å². The summed E-state index contributed by atoms with van der Waals surface area (Å²) in [6.07, 6.45) is 34.3. The lowest BCUT2D eigenvalue weighted by molar-refractivity contribution is -0.302. The van der Waals surface area contributed by atoms with E-state index in [-0.39, 0.29) is 18.5 Å². The van der Waals surface area contributed by atoms with Crippen molar-refractivity contribution in [1.29, 1.82) is 0 Å². The minimum atomic E-state index is -1.57. The standard InChI is InChI=1S/C50H95NO10/c1-3-5-7-9-11-13-14-18-22-26-30-34-38-46(55)59-39-35-31-27-23-19-16-15-17-21-25-29-33-37-45(54)51-42(43(53)36-32-28-24-20-12-10-8-6-4-2)41-60-50-49(58)48(57)47(56)44(40-52)61-50/h32,36,42-44,47-50,52-53,56-58H,3-31,33-35,37-41H2,1-2H3,(H,51,54)/b36-32+. The maximum atomic E-state index is 12.9. The number of esters is 1. The van der Waals surface area contributed by atoms with Crippen LogP contribution in [-0.4, -0.2) is 100 Å². The first-order chi connectivity index (χ1) is 29.7. The van der Waals surface area contributed by atoms with Crippen molar-refractivity contribution in [3.8, 4) is 0 Å². The SMILES string of the molecule is CCCCCCCCC/C=C/C(O)C(COC1OC(CO)C(O)C(O)C1O)NC(=O)CCCCCCCCCCCCCCOC(=O)CCCCCCCCCCCCCC. The Morgan fingerprint density at radius 1 is 0.590 bits per heavy atom. The highest BCUT2D eigenvalue weighted by atomic mass is 16.7. The van der Waals surface area contributed by atoms with Crippen molar-refractivity contribution in [3.63, 3.8) is 0 Å². The number of hydrogen-bond donors (Lipinski definition) is 6. The van der Waals surface area contributed by atoms with E-state index < -0.39 is 49.5 Å². The fourth-order valence-electron chi connectivity index (χ4n) is 8.02. The van der Waals surface area contributed by atoms with Gasteiger partial charge < -0.3 is 45.1 Å². The summed E-state index contributed by atoms with van der Waals surface area (Å²) in [6.45, 7) is 4.25. The van der Waals surface area contributed by atoms with E-state index in [1.165, 1.54) is 135 Å². The number of aliphatic hydroxyl groups is 5. The lowest BCUT2D eigenvalue weighted by atomic mass is 9.99. The maximum Gasteiger partial charge on any atom is 0.305 e. The van der Waals surface area contributed by atoms with Crippen LogP contribution in [-0.2, 0) is 23.8 Å². The molecule has 0 aromatic rings. The Labute approximate surface area is 372 Å². The van der Waals surface area contributed by atoms with Crippen molar-refractivity contribution in [2.45, 2.75) is 275 Å². The molecule has 7 unspecified atom stereocenters. The zero-order valence-corrected chi connectivity index (χ0v) is 39.1. The highest BCUT2D eigenvalue weighted by Gasteiger charge is 2.44. The highest BCUT2D eigenvalue weighted by molar-refractivity contribution is 5.76. The molecule has 0 saturated carbocycles. The van der Waals surface area contributed by atoms with Crippen LogP contribution >= 0.6 is 0 Å². The van der Waals surface area contributed by atoms with Gasteiger partial charge in [0.2, 0.25) is 5.91 Å². The first-order valence-electron chi connectivity index (χ1n) is 25.5. The third-order valence-electron chi connectivity index (χ3n) is 12.2. The molecule has 1 fully saturated rings. The predicted molar refractivity (Wildman–Crippen MR) is 246 cm³/mol. The fourth-order valence-corrected chi connectivity index (χ4v) is 8.02. The number of unbranched alkanes of at least 4 members (excludes halogenated alkanes) is 29. The molecule has 1 amide bonds. The van der Waals surface area contributed by atoms with E-state index in [4.69, 9.17) is 14.2 Å². The molecule has 6 N–H and O–H groups in total. The van der Waals surface area contributed by atoms with E-state index >= 15 is 0 Å². The number of ether oxygens (including phenoxy) is 3. The minimum Gasteiger partial charge on any atom is -0.466 e. The minimum absolute atomic E-state index is 0.0329. The zero-order chi connectivity index (χ0) is 44.6. The lowest BCUT2D eigenvalue weighted by Gasteiger charge is -2.40. The Hall–Kier alpha value is -1.60. The van der Waals surface area contributed by atoms with Crippen LogP contribution in [0.25, 0.3) is 0 Å². The Morgan fingerprint density at radius 2 is 1.03 bits per heavy atom. The molecule has 0 bridgehead atoms. The monoisotopic (exact) mass is 870 g/mol. The summed E-state index contributed by atoms with van der Waals surface area (Å²) in [7, 11) is 0. The average molecular weight is 870 g/mol. The van der Waals surface area contributed by atoms with Crippen LogP contribution in [0.5, 0.6) is 0 Å². The fraction of sp³-hybridized carbons (Fsp3) is 0.920. The Bertz CT molecular complexity index is 1030. The summed E-state index contributed by atoms with van der Waals surface area (Å²) in [4.78, 5) is 25.0. The largest absolute Gasteiger partial charge is 0.466 e. The first kappa shape index (κ1) is 57.4. The molecule has 1 saturated heterocycles. The number of aliphatic hydroxyl groups excluding tert-OH is 5. The summed E-state index contributed by atoms with van der Waals surface area (Å²) in [5.41, 5.74) is 0. The molecule has 7 atom stereocenters. The molecule has 1 aliphatic heterocycles. The topological polar surface area (TPSA) is 175 Å². The normalized spacial score (nSPS) is 20.3. The molecule has 0 radical (unpaired) electrons. The van der Waals surface area contributed by atoms with E-state index in [1.807, 2.05) is 6.08 Å². The van der Waals surface area contributed by atoms with Crippen molar-refractivity contribution in [3.05, 3.63) is 12.2 Å². The predicted octanol–water partition coefficient (Wildman–Crippen LogP) is 10.1. The summed E-state index contributed by atoms with van der Waals surface area (Å²) in [6, 6.07) is -0.818. The van der Waals surface area contributed by atoms with Crippen molar-refractivity contribution in [2.75, 3.05) is 19.8 Å². The second-order valence-electron chi connectivity index (χ2n) is 17.9. The van der Waals surface area contributed by atoms with Crippen molar-refractivity contribution in [1.82, 2.24) is 5.32 Å². The van der Waals surface area contributed by atoms with Crippen LogP contribution < -0.4 is 5.32 Å². The lowest BCUT2D eigenvalue weighted by Crippen LogP contribution is -2.60. The van der Waals surface area contributed by atoms with Crippen LogP contribution in [0.15, 0.2) is 12.2 Å². The molecule has 1 heterocycles. The summed E-state index contributed by atoms with van der Waals surface area (Å²) in [5, 5.41) is 54.0. The number of hydrogen-bond acceptors (Lipinski definition) is 10. The number of amides is 1. The van der Waals surface area contributed by atoms with Crippen LogP contribution in [0.1, 0.15) is 232 Å². The van der Waals surface area contributed by atoms with Gasteiger partial charge in [0.05, 0.1) is 32.0 Å². The number of nitrogens with one attached hydrogen (secondary N) is 1. The Kier molecular flexibility index (Phi) is 38.7. The molecular weight excluding hydrogens is 775 g/mol. The summed E-state index contributed by atoms with van der Waals surface area (Å²) >= 11 is 0. The van der Waals surface area contributed by atoms with E-state index in [0.29, 0.717) is 19.4 Å². The average Bonchev–Trinajstić information content (AvgIpc) is 3.25. The van der Waals surface area contributed by atoms with Gasteiger partial charge in [0.15, 0.2) is 6.29 Å². The van der Waals surface area contributed by atoms with Gasteiger partial charge in [-0.1, -0.05) is 199 Å². The number of carbonyl (C=O) groups excluding carboxylic acids is 2. The van der Waals surface area contributed by atoms with Crippen LogP contribution in [0.3, 0.4) is 0 Å². The van der Waals surface area contributed by atoms with Gasteiger partial charge in [-0.2, -0.15) is 0 Å². The van der Waals surface area contributed by atoms with E-state index in [9.17, 15) is 35.1 Å². The maximum absolute atomic E-state index is 12.9. The van der Waals surface area contributed by atoms with Crippen molar-refractivity contribution in [2.24, 2.45) is 0 Å². The summed E-state index contributed by atoms with van der Waals surface area (Å²) < 4.78 is 16.6. The van der Waals surface area contributed by atoms with Crippen molar-refractivity contribution < 1.29 is 49.3 Å². The van der Waals surface area contributed by atoms with Crippen LogP contribution in [0.4, 0.5) is 0 Å². The Morgan fingerprint density at radius 3 is 1.52 bits per heavy atom. The van der Waals surface area contributed by atoms with Gasteiger partial charge in [-0.3, -0.25) is 9.59 Å². The molecular formula is C50H95NO10. The zero-order valence-electron chi connectivity index (χ0n) is 39.1. The molecule has 1 rings (SSSR count). The molecule has 11 heteroatoms. The van der Waals surface area contributed by atoms with E-state index in [2.05, 4.69) is 19.2 Å². The third kappa shape index (κ3) is 31.8. The number of rotatable bonds is 43. The van der Waals surface area contributed by atoms with Gasteiger partial charge in [0.25, 0.3) is 0 Å². The molecule has 0 aromatic heterocycles. The number of allylic oxidation sites excluding steroid dienone is 1. The van der Waals surface area contributed by atoms with Crippen molar-refractivity contribution >= 4 is 11.9 Å². The summed E-state index contributed by atoms with van der Waals surface area (Å²) in [5.74, 6) is -0.232. The van der Waals surface area contributed by atoms with Gasteiger partial charge in [0, 0.05) is 12.8 Å². The second-order valence-corrected chi connectivity index (χ2v) is 17.9. The van der Waals surface area contributed by atoms with Gasteiger partial charge in [-0.25, -0.2) is 0 Å². The second kappa shape index (κ2) is 41.1. The van der Waals surface area contributed by atoms with Gasteiger partial charge in [0.1, 0.15) is 24.4 Å². The molecule has 0 aliphatic carbocycles. The third-order valence-corrected chi connectivity index (χ3v) is 12.2. The van der Waals surface area contributed by atoms with Crippen LogP contribution in [0.2, 0.25) is 0 Å². The smallest absolute Gasteiger partial charge is 0.305 e. The van der Waals surface area contributed by atoms with Gasteiger partial charge in [-0.05, 0) is 32.1 Å². The molecule has 61 heavy (non-hydrogen) atoms. The molecule has 1 aliphatic rings. The molecule has 0 aromatic carbocycles. The molecule has 360 valence electrons. The first-order valence-corrected chi connectivity index (χ1v) is 25.5. The Balaban J connectivity index is 2.14. The van der Waals surface area contributed by atoms with Gasteiger partial charge in [-0.15, -0.1) is 0 Å². The molecule has 0 spiro atoms. The van der Waals surface area contributed by atoms with E-state index in [0.717, 1.165) is 70.6 Å². The van der Waals surface area contributed by atoms with Crippen LogP contribution in [0, 0.1) is 0 Å². The highest BCUT2D eigenvalue weighted by Crippen LogP contribution is 2.23. The number of carbonyl (C=O) groups is 2. The molecule has 11 nitrogen and oxygen atoms in total.